The molecule has 1 spiro atoms. The van der Waals surface area contributed by atoms with Crippen LogP contribution in [-0.2, 0) is 19.2 Å². The Kier molecular flexibility index (Phi) is 2.52. The Bertz CT molecular complexity index is 247. The second kappa shape index (κ2) is 3.67. The Hall–Kier alpha value is -0.940. The molecule has 2 saturated heterocycles. The Morgan fingerprint density at radius 3 is 2.79 bits per heavy atom. The van der Waals surface area contributed by atoms with Crippen LogP contribution < -0.4 is 0 Å². The highest BCUT2D eigenvalue weighted by Crippen LogP contribution is 2.35. The van der Waals surface area contributed by atoms with Gasteiger partial charge in [-0.05, 0) is 0 Å². The zero-order valence-corrected chi connectivity index (χ0v) is 7.90. The zero-order valence-electron chi connectivity index (χ0n) is 7.90. The molecule has 1 amide bonds. The fourth-order valence-corrected chi connectivity index (χ4v) is 1.90. The van der Waals surface area contributed by atoms with Gasteiger partial charge in [-0.2, -0.15) is 0 Å². The molecule has 0 radical (unpaired) electrons. The van der Waals surface area contributed by atoms with Gasteiger partial charge in [-0.25, -0.2) is 5.06 Å². The maximum absolute atomic E-state index is 11.4. The lowest BCUT2D eigenvalue weighted by Gasteiger charge is -2.31. The van der Waals surface area contributed by atoms with Gasteiger partial charge >= 0.3 is 0 Å². The van der Waals surface area contributed by atoms with Gasteiger partial charge in [0.1, 0.15) is 18.4 Å². The number of nitrogens with zero attached hydrogens (tertiary/aromatic N) is 1. The Labute approximate surface area is 81.9 Å². The van der Waals surface area contributed by atoms with Crippen LogP contribution in [-0.4, -0.2) is 42.6 Å². The summed E-state index contributed by atoms with van der Waals surface area (Å²) in [7, 11) is 0. The van der Waals surface area contributed by atoms with Crippen LogP contribution in [0.25, 0.3) is 0 Å². The molecule has 5 heteroatoms. The molecule has 0 aromatic heterocycles. The minimum absolute atomic E-state index is 0.0292. The number of hydrogen-bond acceptors (Lipinski definition) is 4. The van der Waals surface area contributed by atoms with E-state index in [1.807, 2.05) is 0 Å². The fourth-order valence-electron chi connectivity index (χ4n) is 1.90. The first-order valence-electron chi connectivity index (χ1n) is 4.77. The quantitative estimate of drug-likeness (QED) is 0.583. The summed E-state index contributed by atoms with van der Waals surface area (Å²) in [6.45, 7) is 1.28. The number of carbonyl (C=O) groups excluding carboxylic acids is 2. The maximum atomic E-state index is 11.4. The maximum Gasteiger partial charge on any atom is 0.249 e. The summed E-state index contributed by atoms with van der Waals surface area (Å²) in [5, 5.41) is 1.16. The van der Waals surface area contributed by atoms with Crippen molar-refractivity contribution in [2.24, 2.45) is 0 Å². The minimum atomic E-state index is -0.391. The summed E-state index contributed by atoms with van der Waals surface area (Å²) in [6.07, 6.45) is 2.52. The second-order valence-corrected chi connectivity index (χ2v) is 3.68. The van der Waals surface area contributed by atoms with Crippen LogP contribution in [0, 0.1) is 0 Å². The molecule has 0 atom stereocenters. The van der Waals surface area contributed by atoms with E-state index in [1.54, 1.807) is 0 Å². The van der Waals surface area contributed by atoms with Crippen molar-refractivity contribution in [3.8, 4) is 0 Å². The molecule has 2 rings (SSSR count). The van der Waals surface area contributed by atoms with Crippen LogP contribution in [0.2, 0.25) is 0 Å². The average molecular weight is 199 g/mol. The number of hydrogen-bond donors (Lipinski definition) is 0. The number of ether oxygens (including phenoxy) is 1. The first kappa shape index (κ1) is 9.61. The van der Waals surface area contributed by atoms with Crippen molar-refractivity contribution in [3.05, 3.63) is 0 Å². The van der Waals surface area contributed by atoms with Gasteiger partial charge in [-0.1, -0.05) is 0 Å². The highest BCUT2D eigenvalue weighted by Gasteiger charge is 2.45. The Morgan fingerprint density at radius 1 is 1.43 bits per heavy atom. The van der Waals surface area contributed by atoms with Crippen LogP contribution in [0.4, 0.5) is 0 Å². The van der Waals surface area contributed by atoms with E-state index in [9.17, 15) is 9.59 Å². The van der Waals surface area contributed by atoms with Crippen molar-refractivity contribution >= 4 is 12.2 Å². The Balaban J connectivity index is 2.02. The number of carbonyl (C=O) groups is 2. The lowest BCUT2D eigenvalue weighted by Crippen LogP contribution is -2.37. The first-order valence-corrected chi connectivity index (χ1v) is 4.77. The van der Waals surface area contributed by atoms with Crippen molar-refractivity contribution < 1.29 is 19.2 Å². The largest absolute Gasteiger partial charge is 0.381 e. The third kappa shape index (κ3) is 1.65. The molecule has 0 unspecified atom stereocenters. The van der Waals surface area contributed by atoms with E-state index in [0.717, 1.165) is 12.8 Å². The second-order valence-electron chi connectivity index (χ2n) is 3.68. The van der Waals surface area contributed by atoms with Gasteiger partial charge in [-0.3, -0.25) is 9.63 Å². The summed E-state index contributed by atoms with van der Waals surface area (Å²) in [5.74, 6) is -0.0981. The van der Waals surface area contributed by atoms with Gasteiger partial charge in [0.2, 0.25) is 5.91 Å². The van der Waals surface area contributed by atoms with Gasteiger partial charge in [0.15, 0.2) is 0 Å². The van der Waals surface area contributed by atoms with Crippen LogP contribution in [0.5, 0.6) is 0 Å². The molecule has 2 aliphatic rings. The van der Waals surface area contributed by atoms with E-state index in [1.165, 1.54) is 5.06 Å². The average Bonchev–Trinajstić information content (AvgIpc) is 2.45. The first-order chi connectivity index (χ1) is 6.76. The minimum Gasteiger partial charge on any atom is -0.381 e. The molecular weight excluding hydrogens is 186 g/mol. The predicted octanol–water partition coefficient (Wildman–Crippen LogP) is -0.102. The van der Waals surface area contributed by atoms with Crippen molar-refractivity contribution in [2.75, 3.05) is 19.8 Å². The summed E-state index contributed by atoms with van der Waals surface area (Å²) in [4.78, 5) is 27.2. The van der Waals surface area contributed by atoms with Crippen molar-refractivity contribution in [1.29, 1.82) is 0 Å². The number of rotatable bonds is 2. The summed E-state index contributed by atoms with van der Waals surface area (Å²) < 4.78 is 5.21. The van der Waals surface area contributed by atoms with E-state index in [4.69, 9.17) is 9.57 Å². The molecule has 2 aliphatic heterocycles. The fraction of sp³-hybridized carbons (Fsp3) is 0.778. The Morgan fingerprint density at radius 2 is 2.14 bits per heavy atom. The van der Waals surface area contributed by atoms with E-state index in [2.05, 4.69) is 0 Å². The van der Waals surface area contributed by atoms with Crippen LogP contribution in [0.1, 0.15) is 19.3 Å². The van der Waals surface area contributed by atoms with Gasteiger partial charge in [0.05, 0.1) is 6.42 Å². The van der Waals surface area contributed by atoms with E-state index in [0.29, 0.717) is 25.9 Å². The van der Waals surface area contributed by atoms with Gasteiger partial charge in [0.25, 0.3) is 0 Å². The van der Waals surface area contributed by atoms with Gasteiger partial charge in [-0.15, -0.1) is 0 Å². The van der Waals surface area contributed by atoms with Gasteiger partial charge < -0.3 is 9.53 Å². The lowest BCUT2D eigenvalue weighted by atomic mass is 9.91. The normalized spacial score (nSPS) is 25.7. The monoisotopic (exact) mass is 199 g/mol. The molecule has 14 heavy (non-hydrogen) atoms. The highest BCUT2D eigenvalue weighted by atomic mass is 16.7. The molecule has 0 bridgehead atoms. The summed E-state index contributed by atoms with van der Waals surface area (Å²) in [6, 6.07) is 0. The molecular formula is C9H13NO4. The summed E-state index contributed by atoms with van der Waals surface area (Å²) >= 11 is 0. The van der Waals surface area contributed by atoms with Gasteiger partial charge in [0, 0.05) is 26.1 Å². The van der Waals surface area contributed by atoms with Crippen molar-refractivity contribution in [3.63, 3.8) is 0 Å². The molecule has 0 aromatic carbocycles. The number of hydroxylamine groups is 2. The lowest BCUT2D eigenvalue weighted by molar-refractivity contribution is -0.214. The SMILES string of the molecule is O=CCN1OC2(CCOCC2)CC1=O. The topological polar surface area (TPSA) is 55.8 Å². The molecule has 0 N–H and O–H groups in total. The predicted molar refractivity (Wildman–Crippen MR) is 46.3 cm³/mol. The third-order valence-corrected chi connectivity index (χ3v) is 2.70. The smallest absolute Gasteiger partial charge is 0.249 e. The van der Waals surface area contributed by atoms with Crippen LogP contribution >= 0.6 is 0 Å². The number of aldehydes is 1. The van der Waals surface area contributed by atoms with E-state index < -0.39 is 5.60 Å². The van der Waals surface area contributed by atoms with Crippen molar-refractivity contribution in [2.45, 2.75) is 24.9 Å². The molecule has 0 aromatic rings. The van der Waals surface area contributed by atoms with Crippen LogP contribution in [0.3, 0.4) is 0 Å². The standard InChI is InChI=1S/C9H13NO4/c11-4-3-10-8(12)7-9(14-10)1-5-13-6-2-9/h4H,1-3,5-7H2. The molecule has 0 saturated carbocycles. The number of amides is 1. The van der Waals surface area contributed by atoms with E-state index >= 15 is 0 Å². The summed E-state index contributed by atoms with van der Waals surface area (Å²) in [5.41, 5.74) is -0.391. The molecule has 2 heterocycles. The highest BCUT2D eigenvalue weighted by molar-refractivity contribution is 5.80. The molecule has 0 aliphatic carbocycles. The van der Waals surface area contributed by atoms with E-state index in [-0.39, 0.29) is 12.5 Å². The zero-order chi connectivity index (χ0) is 10.0. The molecule has 78 valence electrons. The third-order valence-electron chi connectivity index (χ3n) is 2.70. The molecule has 2 fully saturated rings. The van der Waals surface area contributed by atoms with Crippen molar-refractivity contribution in [1.82, 2.24) is 5.06 Å². The molecule has 5 nitrogen and oxygen atoms in total. The van der Waals surface area contributed by atoms with Crippen LogP contribution in [0.15, 0.2) is 0 Å².